The van der Waals surface area contributed by atoms with Crippen LogP contribution in [0.1, 0.15) is 13.8 Å². The molecule has 0 spiro atoms. The summed E-state index contributed by atoms with van der Waals surface area (Å²) in [6, 6.07) is 0. The second-order valence-corrected chi connectivity index (χ2v) is 4.58. The predicted molar refractivity (Wildman–Crippen MR) is 39.2 cm³/mol. The van der Waals surface area contributed by atoms with Crippen molar-refractivity contribution in [2.24, 2.45) is 5.16 Å². The molecule has 4 nitrogen and oxygen atoms in total. The van der Waals surface area contributed by atoms with Crippen molar-refractivity contribution in [3.63, 3.8) is 0 Å². The number of oxime groups is 1. The van der Waals surface area contributed by atoms with Gasteiger partial charge >= 0.3 is 0 Å². The van der Waals surface area contributed by atoms with Gasteiger partial charge in [-0.25, -0.2) is 8.42 Å². The zero-order valence-electron chi connectivity index (χ0n) is 6.20. The summed E-state index contributed by atoms with van der Waals surface area (Å²) in [4.78, 5) is 0. The minimum absolute atomic E-state index is 0.211. The molecule has 0 aromatic carbocycles. The Kier molecular flexibility index (Phi) is 2.83. The van der Waals surface area contributed by atoms with Crippen LogP contribution in [0.3, 0.4) is 0 Å². The minimum Gasteiger partial charge on any atom is -0.411 e. The van der Waals surface area contributed by atoms with Crippen molar-refractivity contribution >= 4 is 15.5 Å². The average Bonchev–Trinajstić information content (AvgIpc) is 1.83. The molecule has 0 aliphatic heterocycles. The van der Waals surface area contributed by atoms with Gasteiger partial charge in [0.1, 0.15) is 0 Å². The monoisotopic (exact) mass is 165 g/mol. The molecule has 60 valence electrons. The lowest BCUT2D eigenvalue weighted by molar-refractivity contribution is 0.317. The molecule has 5 heteroatoms. The standard InChI is InChI=1S/C5H11NO3S/c1-4(6-7)5(2)10(3,8)9/h5,7H,1-3H3. The van der Waals surface area contributed by atoms with Crippen LogP contribution in [-0.4, -0.2) is 30.8 Å². The van der Waals surface area contributed by atoms with Gasteiger partial charge in [0.15, 0.2) is 9.84 Å². The number of nitrogens with zero attached hydrogens (tertiary/aromatic N) is 1. The van der Waals surface area contributed by atoms with E-state index >= 15 is 0 Å². The van der Waals surface area contributed by atoms with E-state index in [4.69, 9.17) is 5.21 Å². The Morgan fingerprint density at radius 3 is 2.10 bits per heavy atom. The summed E-state index contributed by atoms with van der Waals surface area (Å²) in [6.45, 7) is 2.94. The molecule has 0 aliphatic carbocycles. The van der Waals surface area contributed by atoms with Crippen LogP contribution in [0.15, 0.2) is 5.16 Å². The molecule has 0 aromatic heterocycles. The Bertz CT molecular complexity index is 229. The van der Waals surface area contributed by atoms with Gasteiger partial charge in [-0.05, 0) is 13.8 Å². The van der Waals surface area contributed by atoms with Crippen LogP contribution in [-0.2, 0) is 9.84 Å². The smallest absolute Gasteiger partial charge is 0.155 e. The molecule has 0 bridgehead atoms. The van der Waals surface area contributed by atoms with E-state index in [-0.39, 0.29) is 5.71 Å². The Morgan fingerprint density at radius 1 is 1.60 bits per heavy atom. The number of hydrogen-bond donors (Lipinski definition) is 1. The molecule has 10 heavy (non-hydrogen) atoms. The Morgan fingerprint density at radius 2 is 2.00 bits per heavy atom. The fourth-order valence-electron chi connectivity index (χ4n) is 0.391. The first-order valence-corrected chi connectivity index (χ1v) is 4.72. The van der Waals surface area contributed by atoms with Crippen LogP contribution in [0.5, 0.6) is 0 Å². The molecular formula is C5H11NO3S. The fourth-order valence-corrected chi connectivity index (χ4v) is 1.06. The van der Waals surface area contributed by atoms with Gasteiger partial charge < -0.3 is 5.21 Å². The van der Waals surface area contributed by atoms with Gasteiger partial charge in [-0.2, -0.15) is 0 Å². The zero-order chi connectivity index (χ0) is 8.36. The van der Waals surface area contributed by atoms with E-state index in [1.165, 1.54) is 13.8 Å². The first-order valence-electron chi connectivity index (χ1n) is 2.77. The predicted octanol–water partition coefficient (Wildman–Crippen LogP) is 0.270. The van der Waals surface area contributed by atoms with Crippen molar-refractivity contribution in [2.45, 2.75) is 19.1 Å². The molecule has 0 saturated carbocycles. The maximum absolute atomic E-state index is 10.7. The maximum Gasteiger partial charge on any atom is 0.155 e. The largest absolute Gasteiger partial charge is 0.411 e. The zero-order valence-corrected chi connectivity index (χ0v) is 7.01. The normalized spacial score (nSPS) is 16.9. The van der Waals surface area contributed by atoms with E-state index in [2.05, 4.69) is 5.16 Å². The Hall–Kier alpha value is -0.580. The van der Waals surface area contributed by atoms with Gasteiger partial charge in [-0.1, -0.05) is 5.16 Å². The van der Waals surface area contributed by atoms with Crippen LogP contribution < -0.4 is 0 Å². The molecule has 1 atom stereocenters. The van der Waals surface area contributed by atoms with Crippen molar-refractivity contribution in [1.29, 1.82) is 0 Å². The lowest BCUT2D eigenvalue weighted by Gasteiger charge is -2.05. The molecular weight excluding hydrogens is 154 g/mol. The van der Waals surface area contributed by atoms with Gasteiger partial charge in [0, 0.05) is 6.26 Å². The second kappa shape index (κ2) is 3.01. The minimum atomic E-state index is -3.10. The third-order valence-corrected chi connectivity index (χ3v) is 3.01. The molecule has 1 unspecified atom stereocenters. The molecule has 0 heterocycles. The summed E-state index contributed by atoms with van der Waals surface area (Å²) in [7, 11) is -3.10. The average molecular weight is 165 g/mol. The van der Waals surface area contributed by atoms with E-state index < -0.39 is 15.1 Å². The first kappa shape index (κ1) is 9.42. The highest BCUT2D eigenvalue weighted by molar-refractivity contribution is 7.92. The molecule has 0 aliphatic rings. The van der Waals surface area contributed by atoms with E-state index in [0.29, 0.717) is 0 Å². The summed E-state index contributed by atoms with van der Waals surface area (Å²) in [5.41, 5.74) is 0.211. The van der Waals surface area contributed by atoms with Crippen LogP contribution in [0.2, 0.25) is 0 Å². The summed E-state index contributed by atoms with van der Waals surface area (Å²) in [5.74, 6) is 0. The highest BCUT2D eigenvalue weighted by Crippen LogP contribution is 1.99. The van der Waals surface area contributed by atoms with Crippen LogP contribution in [0, 0.1) is 0 Å². The number of rotatable bonds is 2. The molecule has 0 saturated heterocycles. The van der Waals surface area contributed by atoms with Crippen molar-refractivity contribution < 1.29 is 13.6 Å². The van der Waals surface area contributed by atoms with Gasteiger partial charge in [-0.15, -0.1) is 0 Å². The molecule has 0 fully saturated rings. The summed E-state index contributed by atoms with van der Waals surface area (Å²) in [6.07, 6.45) is 1.10. The van der Waals surface area contributed by atoms with Gasteiger partial charge in [0.25, 0.3) is 0 Å². The van der Waals surface area contributed by atoms with Crippen molar-refractivity contribution in [3.8, 4) is 0 Å². The quantitative estimate of drug-likeness (QED) is 0.363. The van der Waals surface area contributed by atoms with E-state index in [1.807, 2.05) is 0 Å². The van der Waals surface area contributed by atoms with Crippen LogP contribution >= 0.6 is 0 Å². The molecule has 0 aromatic rings. The lowest BCUT2D eigenvalue weighted by atomic mass is 10.3. The molecule has 1 N–H and O–H groups in total. The molecule has 0 rings (SSSR count). The van der Waals surface area contributed by atoms with Crippen molar-refractivity contribution in [2.75, 3.05) is 6.26 Å². The third-order valence-electron chi connectivity index (χ3n) is 1.39. The number of hydrogen-bond acceptors (Lipinski definition) is 4. The number of sulfone groups is 1. The summed E-state index contributed by atoms with van der Waals surface area (Å²) in [5, 5.41) is 10.3. The summed E-state index contributed by atoms with van der Waals surface area (Å²) >= 11 is 0. The van der Waals surface area contributed by atoms with Gasteiger partial charge in [0.2, 0.25) is 0 Å². The third kappa shape index (κ3) is 2.34. The van der Waals surface area contributed by atoms with Crippen LogP contribution in [0.25, 0.3) is 0 Å². The second-order valence-electron chi connectivity index (χ2n) is 2.21. The topological polar surface area (TPSA) is 66.7 Å². The first-order chi connectivity index (χ1) is 4.39. The molecule has 0 amide bonds. The highest BCUT2D eigenvalue weighted by atomic mass is 32.2. The van der Waals surface area contributed by atoms with Gasteiger partial charge in [0.05, 0.1) is 11.0 Å². The maximum atomic E-state index is 10.7. The van der Waals surface area contributed by atoms with E-state index in [9.17, 15) is 8.42 Å². The lowest BCUT2D eigenvalue weighted by Crippen LogP contribution is -2.23. The molecule has 0 radical (unpaired) electrons. The van der Waals surface area contributed by atoms with Crippen molar-refractivity contribution in [3.05, 3.63) is 0 Å². The van der Waals surface area contributed by atoms with Gasteiger partial charge in [-0.3, -0.25) is 0 Å². The Balaban J connectivity index is 4.55. The SMILES string of the molecule is CC(=NO)C(C)S(C)(=O)=O. The van der Waals surface area contributed by atoms with E-state index in [0.717, 1.165) is 6.26 Å². The fraction of sp³-hybridized carbons (Fsp3) is 0.800. The highest BCUT2D eigenvalue weighted by Gasteiger charge is 2.17. The Labute approximate surface area is 60.5 Å². The van der Waals surface area contributed by atoms with E-state index in [1.54, 1.807) is 0 Å². The summed E-state index contributed by atoms with van der Waals surface area (Å²) < 4.78 is 21.5. The van der Waals surface area contributed by atoms with Crippen LogP contribution in [0.4, 0.5) is 0 Å². The van der Waals surface area contributed by atoms with Crippen molar-refractivity contribution in [1.82, 2.24) is 0 Å².